The molecular weight excluding hydrogens is 382 g/mol. The Kier molecular flexibility index (Phi) is 6.04. The van der Waals surface area contributed by atoms with Crippen LogP contribution in [0.25, 0.3) is 11.1 Å². The van der Waals surface area contributed by atoms with Gasteiger partial charge < -0.3 is 20.3 Å². The second-order valence-corrected chi connectivity index (χ2v) is 6.20. The van der Waals surface area contributed by atoms with E-state index in [-0.39, 0.29) is 5.75 Å². The summed E-state index contributed by atoms with van der Waals surface area (Å²) in [4.78, 5) is 14.5. The molecule has 2 aromatic carbocycles. The van der Waals surface area contributed by atoms with Crippen molar-refractivity contribution in [3.8, 4) is 28.6 Å². The maximum atomic E-state index is 14.1. The van der Waals surface area contributed by atoms with Gasteiger partial charge in [0, 0.05) is 12.6 Å². The summed E-state index contributed by atoms with van der Waals surface area (Å²) in [5, 5.41) is 8.88. The number of hydrogen-bond acceptors (Lipinski definition) is 5. The predicted octanol–water partition coefficient (Wildman–Crippen LogP) is 4.13. The minimum Gasteiger partial charge on any atom is -0.479 e. The van der Waals surface area contributed by atoms with Gasteiger partial charge in [-0.2, -0.15) is 4.98 Å². The molecule has 0 aliphatic heterocycles. The molecule has 0 radical (unpaired) electrons. The third kappa shape index (κ3) is 4.85. The highest BCUT2D eigenvalue weighted by atomic mass is 19.1. The van der Waals surface area contributed by atoms with Crippen molar-refractivity contribution in [2.75, 3.05) is 0 Å². The standard InChI is InChI=1S/C21H18F2N2O4/c1-12(21(26)27)28-19-17(22)10-18(23)20(25-19)29-16-7-3-6-15(9-16)14-5-2-4-13(8-14)11-24/h2-10,12H,11,24H2,1H3,(H,26,27)/t12-/m1/s1. The molecular formula is C21H18F2N2O4. The first-order valence-electron chi connectivity index (χ1n) is 8.70. The second kappa shape index (κ2) is 8.66. The molecule has 6 nitrogen and oxygen atoms in total. The maximum Gasteiger partial charge on any atom is 0.344 e. The molecule has 3 rings (SSSR count). The number of carboxylic acid groups (broad SMARTS) is 1. The van der Waals surface area contributed by atoms with E-state index in [1.54, 1.807) is 18.2 Å². The van der Waals surface area contributed by atoms with Crippen molar-refractivity contribution in [2.45, 2.75) is 19.6 Å². The molecule has 8 heteroatoms. The first-order chi connectivity index (χ1) is 13.9. The van der Waals surface area contributed by atoms with E-state index in [1.807, 2.05) is 30.3 Å². The summed E-state index contributed by atoms with van der Waals surface area (Å²) < 4.78 is 38.4. The fraction of sp³-hybridized carbons (Fsp3) is 0.143. The lowest BCUT2D eigenvalue weighted by Crippen LogP contribution is -2.24. The lowest BCUT2D eigenvalue weighted by molar-refractivity contribution is -0.144. The molecule has 0 aliphatic carbocycles. The Morgan fingerprint density at radius 1 is 1.07 bits per heavy atom. The van der Waals surface area contributed by atoms with Crippen LogP contribution in [0.15, 0.2) is 54.6 Å². The Morgan fingerprint density at radius 3 is 2.41 bits per heavy atom. The number of carbonyl (C=O) groups is 1. The molecule has 1 aromatic heterocycles. The smallest absolute Gasteiger partial charge is 0.344 e. The van der Waals surface area contributed by atoms with Crippen molar-refractivity contribution in [3.05, 3.63) is 71.8 Å². The summed E-state index contributed by atoms with van der Waals surface area (Å²) in [5.41, 5.74) is 8.32. The largest absolute Gasteiger partial charge is 0.479 e. The quantitative estimate of drug-likeness (QED) is 0.619. The summed E-state index contributed by atoms with van der Waals surface area (Å²) in [6.45, 7) is 1.60. The molecule has 3 aromatic rings. The van der Waals surface area contributed by atoms with Gasteiger partial charge in [0.25, 0.3) is 11.8 Å². The summed E-state index contributed by atoms with van der Waals surface area (Å²) >= 11 is 0. The van der Waals surface area contributed by atoms with Gasteiger partial charge in [0.15, 0.2) is 17.7 Å². The zero-order valence-corrected chi connectivity index (χ0v) is 15.4. The molecule has 0 spiro atoms. The SMILES string of the molecule is C[C@@H](Oc1nc(Oc2cccc(-c3cccc(CN)c3)c2)c(F)cc1F)C(=O)O. The van der Waals surface area contributed by atoms with E-state index in [0.29, 0.717) is 12.6 Å². The maximum absolute atomic E-state index is 14.1. The van der Waals surface area contributed by atoms with Crippen molar-refractivity contribution >= 4 is 5.97 Å². The fourth-order valence-electron chi connectivity index (χ4n) is 2.53. The van der Waals surface area contributed by atoms with Crippen LogP contribution in [-0.4, -0.2) is 22.2 Å². The highest BCUT2D eigenvalue weighted by Crippen LogP contribution is 2.30. The van der Waals surface area contributed by atoms with Gasteiger partial charge >= 0.3 is 5.97 Å². The molecule has 0 bridgehead atoms. The van der Waals surface area contributed by atoms with Gasteiger partial charge in [-0.3, -0.25) is 0 Å². The molecule has 1 heterocycles. The number of nitrogens with two attached hydrogens (primary N) is 1. The van der Waals surface area contributed by atoms with Gasteiger partial charge in [-0.25, -0.2) is 13.6 Å². The minimum atomic E-state index is -1.37. The number of ether oxygens (including phenoxy) is 2. The van der Waals surface area contributed by atoms with E-state index < -0.39 is 35.5 Å². The van der Waals surface area contributed by atoms with E-state index in [1.165, 1.54) is 6.92 Å². The van der Waals surface area contributed by atoms with E-state index in [2.05, 4.69) is 4.98 Å². The highest BCUT2D eigenvalue weighted by Gasteiger charge is 2.20. The van der Waals surface area contributed by atoms with Crippen molar-refractivity contribution in [3.63, 3.8) is 0 Å². The average molecular weight is 400 g/mol. The third-order valence-corrected chi connectivity index (χ3v) is 4.05. The van der Waals surface area contributed by atoms with E-state index in [0.717, 1.165) is 16.7 Å². The van der Waals surface area contributed by atoms with Crippen LogP contribution >= 0.6 is 0 Å². The molecule has 0 saturated carbocycles. The van der Waals surface area contributed by atoms with Crippen LogP contribution in [-0.2, 0) is 11.3 Å². The summed E-state index contributed by atoms with van der Waals surface area (Å²) in [6, 6.07) is 14.9. The number of rotatable bonds is 7. The number of halogens is 2. The first-order valence-corrected chi connectivity index (χ1v) is 8.70. The second-order valence-electron chi connectivity index (χ2n) is 6.20. The van der Waals surface area contributed by atoms with Crippen molar-refractivity contribution in [1.29, 1.82) is 0 Å². The van der Waals surface area contributed by atoms with Gasteiger partial charge in [0.1, 0.15) is 5.75 Å². The van der Waals surface area contributed by atoms with Crippen LogP contribution in [0.1, 0.15) is 12.5 Å². The van der Waals surface area contributed by atoms with Crippen LogP contribution in [0.2, 0.25) is 0 Å². The Labute approximate surface area is 165 Å². The Balaban J connectivity index is 1.89. The molecule has 3 N–H and O–H groups in total. The molecule has 0 fully saturated rings. The summed E-state index contributed by atoms with van der Waals surface area (Å²) in [7, 11) is 0. The summed E-state index contributed by atoms with van der Waals surface area (Å²) in [5.74, 6) is -4.43. The number of aromatic nitrogens is 1. The fourth-order valence-corrected chi connectivity index (χ4v) is 2.53. The van der Waals surface area contributed by atoms with Crippen LogP contribution in [0, 0.1) is 11.6 Å². The average Bonchev–Trinajstić information content (AvgIpc) is 2.71. The topological polar surface area (TPSA) is 94.7 Å². The normalized spacial score (nSPS) is 11.7. The molecule has 0 unspecified atom stereocenters. The van der Waals surface area contributed by atoms with Crippen LogP contribution in [0.3, 0.4) is 0 Å². The van der Waals surface area contributed by atoms with Crippen LogP contribution < -0.4 is 15.2 Å². The van der Waals surface area contributed by atoms with E-state index >= 15 is 0 Å². The van der Waals surface area contributed by atoms with Gasteiger partial charge in [-0.05, 0) is 41.8 Å². The lowest BCUT2D eigenvalue weighted by Gasteiger charge is -2.13. The Morgan fingerprint density at radius 2 is 1.72 bits per heavy atom. The van der Waals surface area contributed by atoms with Crippen molar-refractivity contribution < 1.29 is 28.2 Å². The number of nitrogens with zero attached hydrogens (tertiary/aromatic N) is 1. The van der Waals surface area contributed by atoms with Gasteiger partial charge in [-0.1, -0.05) is 30.3 Å². The van der Waals surface area contributed by atoms with E-state index in [4.69, 9.17) is 20.3 Å². The molecule has 1 atom stereocenters. The third-order valence-electron chi connectivity index (χ3n) is 4.05. The van der Waals surface area contributed by atoms with Crippen molar-refractivity contribution in [1.82, 2.24) is 4.98 Å². The molecule has 0 aliphatic rings. The number of aliphatic carboxylic acids is 1. The molecule has 150 valence electrons. The first kappa shape index (κ1) is 20.2. The van der Waals surface area contributed by atoms with Gasteiger partial charge in [0.05, 0.1) is 0 Å². The van der Waals surface area contributed by atoms with Gasteiger partial charge in [-0.15, -0.1) is 0 Å². The highest BCUT2D eigenvalue weighted by molar-refractivity contribution is 5.72. The zero-order valence-electron chi connectivity index (χ0n) is 15.4. The Bertz CT molecular complexity index is 1040. The zero-order chi connectivity index (χ0) is 21.0. The van der Waals surface area contributed by atoms with Crippen molar-refractivity contribution in [2.24, 2.45) is 5.73 Å². The minimum absolute atomic E-state index is 0.260. The monoisotopic (exact) mass is 400 g/mol. The Hall–Kier alpha value is -3.52. The molecule has 29 heavy (non-hydrogen) atoms. The lowest BCUT2D eigenvalue weighted by atomic mass is 10.0. The van der Waals surface area contributed by atoms with Crippen LogP contribution in [0.5, 0.6) is 17.5 Å². The van der Waals surface area contributed by atoms with E-state index in [9.17, 15) is 13.6 Å². The molecule has 0 amide bonds. The number of benzene rings is 2. The predicted molar refractivity (Wildman–Crippen MR) is 102 cm³/mol. The molecule has 0 saturated heterocycles. The summed E-state index contributed by atoms with van der Waals surface area (Å²) in [6.07, 6.45) is -1.37. The van der Waals surface area contributed by atoms with Crippen LogP contribution in [0.4, 0.5) is 8.78 Å². The number of hydrogen-bond donors (Lipinski definition) is 2. The van der Waals surface area contributed by atoms with Gasteiger partial charge in [0.2, 0.25) is 0 Å². The number of pyridine rings is 1. The number of carboxylic acids is 1.